The van der Waals surface area contributed by atoms with Crippen LogP contribution in [0.25, 0.3) is 0 Å². The number of nitrogens with two attached hydrogens (primary N) is 1. The van der Waals surface area contributed by atoms with Crippen LogP contribution in [0.1, 0.15) is 25.7 Å². The lowest BCUT2D eigenvalue weighted by Crippen LogP contribution is -2.29. The van der Waals surface area contributed by atoms with Crippen molar-refractivity contribution in [3.63, 3.8) is 0 Å². The molecule has 0 spiro atoms. The first-order valence-corrected chi connectivity index (χ1v) is 4.13. The zero-order valence-electron chi connectivity index (χ0n) is 6.82. The Balaban J connectivity index is 2.39. The van der Waals surface area contributed by atoms with Gasteiger partial charge in [-0.1, -0.05) is 0 Å². The van der Waals surface area contributed by atoms with Gasteiger partial charge in [0, 0.05) is 5.92 Å². The van der Waals surface area contributed by atoms with E-state index in [4.69, 9.17) is 10.8 Å². The van der Waals surface area contributed by atoms with E-state index in [0.29, 0.717) is 25.7 Å². The van der Waals surface area contributed by atoms with Crippen LogP contribution in [0.4, 0.5) is 0 Å². The molecule has 0 radical (unpaired) electrons. The van der Waals surface area contributed by atoms with Gasteiger partial charge in [0.05, 0.1) is 5.92 Å². The average molecular weight is 171 g/mol. The standard InChI is InChI=1S/C8H13NO3/c9-7(10)5-1-3-6(4-2-5)8(11)12/h5-6H,1-4H2,(H2,9,10)(H,11,12)/t5-,6+. The maximum absolute atomic E-state index is 10.7. The largest absolute Gasteiger partial charge is 0.481 e. The molecular weight excluding hydrogens is 158 g/mol. The number of hydrogen-bond acceptors (Lipinski definition) is 2. The minimum atomic E-state index is -0.752. The second-order valence-electron chi connectivity index (χ2n) is 3.29. The van der Waals surface area contributed by atoms with Crippen molar-refractivity contribution in [1.29, 1.82) is 0 Å². The molecule has 0 aromatic rings. The van der Waals surface area contributed by atoms with E-state index in [0.717, 1.165) is 0 Å². The molecule has 0 aromatic heterocycles. The summed E-state index contributed by atoms with van der Waals surface area (Å²) in [5.74, 6) is -1.40. The highest BCUT2D eigenvalue weighted by Gasteiger charge is 2.28. The van der Waals surface area contributed by atoms with Gasteiger partial charge in [0.25, 0.3) is 0 Å². The Labute approximate surface area is 70.7 Å². The molecule has 1 amide bonds. The maximum Gasteiger partial charge on any atom is 0.306 e. The quantitative estimate of drug-likeness (QED) is 0.629. The summed E-state index contributed by atoms with van der Waals surface area (Å²) in [5, 5.41) is 8.65. The first-order chi connectivity index (χ1) is 5.61. The molecule has 1 aliphatic rings. The lowest BCUT2D eigenvalue weighted by atomic mass is 9.82. The van der Waals surface area contributed by atoms with Crippen LogP contribution in [-0.2, 0) is 9.59 Å². The second-order valence-corrected chi connectivity index (χ2v) is 3.29. The van der Waals surface area contributed by atoms with Gasteiger partial charge in [-0.25, -0.2) is 0 Å². The molecule has 0 bridgehead atoms. The Hall–Kier alpha value is -1.06. The molecule has 0 unspecified atom stereocenters. The molecule has 1 aliphatic carbocycles. The topological polar surface area (TPSA) is 80.4 Å². The molecule has 0 atom stereocenters. The number of carboxylic acid groups (broad SMARTS) is 1. The predicted octanol–water partition coefficient (Wildman–Crippen LogP) is 0.363. The molecular formula is C8H13NO3. The molecule has 68 valence electrons. The summed E-state index contributed by atoms with van der Waals surface area (Å²) >= 11 is 0. The molecule has 0 saturated heterocycles. The molecule has 3 N–H and O–H groups in total. The number of carbonyl (C=O) groups is 2. The van der Waals surface area contributed by atoms with Crippen LogP contribution >= 0.6 is 0 Å². The number of primary amides is 1. The summed E-state index contributed by atoms with van der Waals surface area (Å²) in [4.78, 5) is 21.2. The number of amides is 1. The Bertz CT molecular complexity index is 172. The third kappa shape index (κ3) is 1.96. The smallest absolute Gasteiger partial charge is 0.306 e. The Morgan fingerprint density at radius 1 is 1.08 bits per heavy atom. The third-order valence-corrected chi connectivity index (χ3v) is 2.48. The molecule has 0 aromatic carbocycles. The van der Waals surface area contributed by atoms with Gasteiger partial charge in [0.1, 0.15) is 0 Å². The summed E-state index contributed by atoms with van der Waals surface area (Å²) in [6.45, 7) is 0. The maximum atomic E-state index is 10.7. The minimum absolute atomic E-state index is 0.0967. The molecule has 1 fully saturated rings. The van der Waals surface area contributed by atoms with Gasteiger partial charge >= 0.3 is 5.97 Å². The van der Waals surface area contributed by atoms with Crippen LogP contribution in [0.3, 0.4) is 0 Å². The number of rotatable bonds is 2. The predicted molar refractivity (Wildman–Crippen MR) is 42.3 cm³/mol. The fraction of sp³-hybridized carbons (Fsp3) is 0.750. The fourth-order valence-electron chi connectivity index (χ4n) is 1.62. The first-order valence-electron chi connectivity index (χ1n) is 4.13. The van der Waals surface area contributed by atoms with Gasteiger partial charge < -0.3 is 10.8 Å². The lowest BCUT2D eigenvalue weighted by Gasteiger charge is -2.23. The van der Waals surface area contributed by atoms with Crippen molar-refractivity contribution in [1.82, 2.24) is 0 Å². The number of aliphatic carboxylic acids is 1. The molecule has 1 rings (SSSR count). The Kier molecular flexibility index (Phi) is 2.68. The van der Waals surface area contributed by atoms with Crippen LogP contribution in [0.15, 0.2) is 0 Å². The average Bonchev–Trinajstić information content (AvgIpc) is 2.04. The van der Waals surface area contributed by atoms with Gasteiger partial charge in [-0.15, -0.1) is 0 Å². The SMILES string of the molecule is NC(=O)[C@H]1CC[C@@H](C(=O)O)CC1. The van der Waals surface area contributed by atoms with E-state index in [-0.39, 0.29) is 17.7 Å². The molecule has 4 heteroatoms. The molecule has 1 saturated carbocycles. The van der Waals surface area contributed by atoms with Gasteiger partial charge in [-0.2, -0.15) is 0 Å². The fourth-order valence-corrected chi connectivity index (χ4v) is 1.62. The first kappa shape index (κ1) is 9.03. The highest BCUT2D eigenvalue weighted by Crippen LogP contribution is 2.28. The summed E-state index contributed by atoms with van der Waals surface area (Å²) in [7, 11) is 0. The van der Waals surface area contributed by atoms with Crippen LogP contribution in [0, 0.1) is 11.8 Å². The Morgan fingerprint density at radius 2 is 1.50 bits per heavy atom. The van der Waals surface area contributed by atoms with E-state index in [1.54, 1.807) is 0 Å². The second kappa shape index (κ2) is 3.56. The van der Waals surface area contributed by atoms with Gasteiger partial charge in [0.2, 0.25) is 5.91 Å². The molecule has 0 aliphatic heterocycles. The van der Waals surface area contributed by atoms with Gasteiger partial charge in [0.15, 0.2) is 0 Å². The van der Waals surface area contributed by atoms with Crippen molar-refractivity contribution in [3.8, 4) is 0 Å². The summed E-state index contributed by atoms with van der Waals surface area (Å²) in [6.07, 6.45) is 2.44. The summed E-state index contributed by atoms with van der Waals surface area (Å²) in [5.41, 5.74) is 5.10. The van der Waals surface area contributed by atoms with Crippen molar-refractivity contribution in [2.75, 3.05) is 0 Å². The van der Waals surface area contributed by atoms with E-state index in [1.165, 1.54) is 0 Å². The molecule has 4 nitrogen and oxygen atoms in total. The van der Waals surface area contributed by atoms with Gasteiger partial charge in [-0.3, -0.25) is 9.59 Å². The van der Waals surface area contributed by atoms with Crippen molar-refractivity contribution in [2.45, 2.75) is 25.7 Å². The van der Waals surface area contributed by atoms with E-state index in [1.807, 2.05) is 0 Å². The van der Waals surface area contributed by atoms with Crippen molar-refractivity contribution < 1.29 is 14.7 Å². The number of carbonyl (C=O) groups excluding carboxylic acids is 1. The van der Waals surface area contributed by atoms with Crippen LogP contribution in [0.5, 0.6) is 0 Å². The van der Waals surface area contributed by atoms with Crippen molar-refractivity contribution in [2.24, 2.45) is 17.6 Å². The van der Waals surface area contributed by atoms with Crippen molar-refractivity contribution >= 4 is 11.9 Å². The zero-order valence-corrected chi connectivity index (χ0v) is 6.82. The monoisotopic (exact) mass is 171 g/mol. The number of carboxylic acids is 1. The van der Waals surface area contributed by atoms with E-state index in [2.05, 4.69) is 0 Å². The van der Waals surface area contributed by atoms with E-state index < -0.39 is 5.97 Å². The lowest BCUT2D eigenvalue weighted by molar-refractivity contribution is -0.143. The molecule has 0 heterocycles. The van der Waals surface area contributed by atoms with E-state index in [9.17, 15) is 9.59 Å². The molecule has 12 heavy (non-hydrogen) atoms. The zero-order chi connectivity index (χ0) is 9.14. The highest BCUT2D eigenvalue weighted by molar-refractivity contribution is 5.77. The van der Waals surface area contributed by atoms with Gasteiger partial charge in [-0.05, 0) is 25.7 Å². The third-order valence-electron chi connectivity index (χ3n) is 2.48. The number of hydrogen-bond donors (Lipinski definition) is 2. The van der Waals surface area contributed by atoms with Crippen LogP contribution in [0.2, 0.25) is 0 Å². The van der Waals surface area contributed by atoms with Crippen molar-refractivity contribution in [3.05, 3.63) is 0 Å². The normalized spacial score (nSPS) is 29.7. The van der Waals surface area contributed by atoms with E-state index >= 15 is 0 Å². The van der Waals surface area contributed by atoms with Crippen LogP contribution in [-0.4, -0.2) is 17.0 Å². The Morgan fingerprint density at radius 3 is 1.83 bits per heavy atom. The summed E-state index contributed by atoms with van der Waals surface area (Å²) < 4.78 is 0. The summed E-state index contributed by atoms with van der Waals surface area (Å²) in [6, 6.07) is 0. The highest BCUT2D eigenvalue weighted by atomic mass is 16.4. The van der Waals surface area contributed by atoms with Crippen LogP contribution < -0.4 is 5.73 Å². The minimum Gasteiger partial charge on any atom is -0.481 e.